The van der Waals surface area contributed by atoms with E-state index in [1.165, 1.54) is 6.07 Å². The molecular formula is C19H20F4N4O3S. The third-order valence-corrected chi connectivity index (χ3v) is 6.26. The largest absolute Gasteiger partial charge is 0.417 e. The van der Waals surface area contributed by atoms with E-state index in [0.717, 1.165) is 36.5 Å². The molecule has 0 atom stereocenters. The van der Waals surface area contributed by atoms with Gasteiger partial charge in [-0.15, -0.1) is 0 Å². The number of sulfonamides is 1. The van der Waals surface area contributed by atoms with Gasteiger partial charge >= 0.3 is 6.18 Å². The average molecular weight is 460 g/mol. The molecule has 1 aliphatic rings. The van der Waals surface area contributed by atoms with Crippen LogP contribution >= 0.6 is 0 Å². The summed E-state index contributed by atoms with van der Waals surface area (Å²) in [6.07, 6.45) is -3.73. The molecule has 2 heterocycles. The molecule has 0 saturated carbocycles. The minimum atomic E-state index is -4.45. The number of benzene rings is 1. The van der Waals surface area contributed by atoms with Crippen molar-refractivity contribution in [3.63, 3.8) is 0 Å². The zero-order chi connectivity index (χ0) is 22.6. The van der Waals surface area contributed by atoms with Crippen LogP contribution in [0.4, 0.5) is 23.4 Å². The van der Waals surface area contributed by atoms with Gasteiger partial charge in [-0.2, -0.15) is 13.2 Å². The minimum absolute atomic E-state index is 0.0566. The second-order valence-corrected chi connectivity index (χ2v) is 8.64. The Morgan fingerprint density at radius 1 is 1.03 bits per heavy atom. The number of pyridine rings is 1. The molecule has 3 rings (SSSR count). The maximum absolute atomic E-state index is 12.9. The molecule has 0 unspecified atom stereocenters. The fraction of sp³-hybridized carbons (Fsp3) is 0.368. The van der Waals surface area contributed by atoms with Crippen LogP contribution in [0.15, 0.2) is 47.5 Å². The highest BCUT2D eigenvalue weighted by molar-refractivity contribution is 7.89. The molecule has 1 aromatic carbocycles. The second kappa shape index (κ2) is 9.18. The first-order valence-corrected chi connectivity index (χ1v) is 10.9. The van der Waals surface area contributed by atoms with Crippen LogP contribution in [-0.4, -0.2) is 56.9 Å². The number of aromatic nitrogens is 1. The van der Waals surface area contributed by atoms with Crippen molar-refractivity contribution in [1.82, 2.24) is 14.6 Å². The molecule has 1 saturated heterocycles. The number of carbonyl (C=O) groups is 1. The van der Waals surface area contributed by atoms with E-state index < -0.39 is 27.6 Å². The number of halogens is 4. The molecule has 0 aliphatic carbocycles. The summed E-state index contributed by atoms with van der Waals surface area (Å²) in [6.45, 7) is 1.36. The third-order valence-electron chi connectivity index (χ3n) is 4.79. The van der Waals surface area contributed by atoms with Gasteiger partial charge in [-0.3, -0.25) is 4.79 Å². The fourth-order valence-electron chi connectivity index (χ4n) is 3.07. The maximum Gasteiger partial charge on any atom is 0.417 e. The van der Waals surface area contributed by atoms with Crippen molar-refractivity contribution < 1.29 is 30.8 Å². The molecule has 31 heavy (non-hydrogen) atoms. The first-order valence-electron chi connectivity index (χ1n) is 9.37. The Morgan fingerprint density at radius 2 is 1.68 bits per heavy atom. The van der Waals surface area contributed by atoms with Crippen LogP contribution in [0.3, 0.4) is 0 Å². The van der Waals surface area contributed by atoms with Crippen LogP contribution in [0.1, 0.15) is 12.0 Å². The lowest BCUT2D eigenvalue weighted by Crippen LogP contribution is -2.49. The second-order valence-electron chi connectivity index (χ2n) is 6.87. The van der Waals surface area contributed by atoms with Gasteiger partial charge in [0.05, 0.1) is 10.5 Å². The molecular weight excluding hydrogens is 440 g/mol. The average Bonchev–Trinajstić information content (AvgIpc) is 2.73. The van der Waals surface area contributed by atoms with E-state index in [2.05, 4.69) is 9.71 Å². The van der Waals surface area contributed by atoms with Crippen LogP contribution < -0.4 is 9.62 Å². The maximum atomic E-state index is 12.9. The van der Waals surface area contributed by atoms with Crippen LogP contribution in [-0.2, 0) is 21.0 Å². The Kier molecular flexibility index (Phi) is 6.80. The van der Waals surface area contributed by atoms with E-state index in [1.54, 1.807) is 9.80 Å². The standard InChI is InChI=1S/C19H20F4N4O3S/c20-15-2-4-16(5-3-15)31(29,30)25-8-7-18(28)27-11-9-26(10-12-27)17-6-1-14(13-24-17)19(21,22)23/h1-6,13,25H,7-12H2. The van der Waals surface area contributed by atoms with Gasteiger partial charge in [0.2, 0.25) is 15.9 Å². The van der Waals surface area contributed by atoms with Crippen molar-refractivity contribution in [2.75, 3.05) is 37.6 Å². The van der Waals surface area contributed by atoms with E-state index in [0.29, 0.717) is 32.0 Å². The Morgan fingerprint density at radius 3 is 2.23 bits per heavy atom. The van der Waals surface area contributed by atoms with Crippen molar-refractivity contribution in [1.29, 1.82) is 0 Å². The number of hydrogen-bond donors (Lipinski definition) is 1. The van der Waals surface area contributed by atoms with Gasteiger partial charge in [-0.25, -0.2) is 22.5 Å². The van der Waals surface area contributed by atoms with E-state index in [4.69, 9.17) is 0 Å². The predicted octanol–water partition coefficient (Wildman–Crippen LogP) is 2.26. The number of amides is 1. The highest BCUT2D eigenvalue weighted by atomic mass is 32.2. The highest BCUT2D eigenvalue weighted by Crippen LogP contribution is 2.29. The SMILES string of the molecule is O=C(CCNS(=O)(=O)c1ccc(F)cc1)N1CCN(c2ccc(C(F)(F)F)cn2)CC1. The Bertz CT molecular complexity index is 1000. The molecule has 0 radical (unpaired) electrons. The first kappa shape index (κ1) is 22.9. The number of rotatable bonds is 6. The highest BCUT2D eigenvalue weighted by Gasteiger charge is 2.31. The topological polar surface area (TPSA) is 82.6 Å². The Balaban J connectivity index is 1.46. The lowest BCUT2D eigenvalue weighted by atomic mass is 10.2. The summed E-state index contributed by atoms with van der Waals surface area (Å²) >= 11 is 0. The number of anilines is 1. The molecule has 7 nitrogen and oxygen atoms in total. The van der Waals surface area contributed by atoms with Gasteiger partial charge in [0, 0.05) is 45.3 Å². The number of piperazine rings is 1. The summed E-state index contributed by atoms with van der Waals surface area (Å²) in [5.74, 6) is -0.409. The predicted molar refractivity (Wildman–Crippen MR) is 104 cm³/mol. The Labute approximate surface area is 176 Å². The van der Waals surface area contributed by atoms with Crippen LogP contribution in [0, 0.1) is 5.82 Å². The number of nitrogens with one attached hydrogen (secondary N) is 1. The van der Waals surface area contributed by atoms with E-state index in [9.17, 15) is 30.8 Å². The molecule has 1 amide bonds. The summed E-state index contributed by atoms with van der Waals surface area (Å²) in [6, 6.07) is 6.59. The number of nitrogens with zero attached hydrogens (tertiary/aromatic N) is 3. The van der Waals surface area contributed by atoms with Crippen LogP contribution in [0.25, 0.3) is 0 Å². The van der Waals surface area contributed by atoms with Gasteiger partial charge in [-0.05, 0) is 36.4 Å². The summed E-state index contributed by atoms with van der Waals surface area (Å²) in [7, 11) is -3.85. The third kappa shape index (κ3) is 5.91. The summed E-state index contributed by atoms with van der Waals surface area (Å²) < 4.78 is 77.4. The molecule has 1 fully saturated rings. The summed E-state index contributed by atoms with van der Waals surface area (Å²) in [4.78, 5) is 19.4. The van der Waals surface area contributed by atoms with Crippen LogP contribution in [0.5, 0.6) is 0 Å². The molecule has 1 aliphatic heterocycles. The number of carbonyl (C=O) groups excluding carboxylic acids is 1. The van der Waals surface area contributed by atoms with Gasteiger partial charge in [0.25, 0.3) is 0 Å². The lowest BCUT2D eigenvalue weighted by molar-refractivity contribution is -0.137. The molecule has 12 heteroatoms. The Hall–Kier alpha value is -2.73. The fourth-order valence-corrected chi connectivity index (χ4v) is 4.11. The van der Waals surface area contributed by atoms with Crippen molar-refractivity contribution in [2.24, 2.45) is 0 Å². The quantitative estimate of drug-likeness (QED) is 0.669. The van der Waals surface area contributed by atoms with Crippen molar-refractivity contribution in [3.05, 3.63) is 54.0 Å². The first-order chi connectivity index (χ1) is 14.6. The number of hydrogen-bond acceptors (Lipinski definition) is 5. The van der Waals surface area contributed by atoms with Gasteiger partial charge < -0.3 is 9.80 Å². The minimum Gasteiger partial charge on any atom is -0.353 e. The van der Waals surface area contributed by atoms with Crippen molar-refractivity contribution in [2.45, 2.75) is 17.5 Å². The smallest absolute Gasteiger partial charge is 0.353 e. The van der Waals surface area contributed by atoms with Crippen molar-refractivity contribution in [3.8, 4) is 0 Å². The van der Waals surface area contributed by atoms with Crippen molar-refractivity contribution >= 4 is 21.7 Å². The van der Waals surface area contributed by atoms with Gasteiger partial charge in [0.1, 0.15) is 11.6 Å². The van der Waals surface area contributed by atoms with Crippen LogP contribution in [0.2, 0.25) is 0 Å². The van der Waals surface area contributed by atoms with Gasteiger partial charge in [0.15, 0.2) is 0 Å². The molecule has 2 aromatic rings. The van der Waals surface area contributed by atoms with Gasteiger partial charge in [-0.1, -0.05) is 0 Å². The monoisotopic (exact) mass is 460 g/mol. The summed E-state index contributed by atoms with van der Waals surface area (Å²) in [5.41, 5.74) is -0.826. The zero-order valence-electron chi connectivity index (χ0n) is 16.3. The number of alkyl halides is 3. The van der Waals surface area contributed by atoms with E-state index in [-0.39, 0.29) is 23.8 Å². The zero-order valence-corrected chi connectivity index (χ0v) is 17.1. The molecule has 1 N–H and O–H groups in total. The normalized spacial score (nSPS) is 15.2. The molecule has 0 spiro atoms. The molecule has 0 bridgehead atoms. The molecule has 1 aromatic heterocycles. The van der Waals surface area contributed by atoms with E-state index >= 15 is 0 Å². The van der Waals surface area contributed by atoms with E-state index in [1.807, 2.05) is 0 Å². The molecule has 168 valence electrons. The summed E-state index contributed by atoms with van der Waals surface area (Å²) in [5, 5.41) is 0. The lowest BCUT2D eigenvalue weighted by Gasteiger charge is -2.35.